The van der Waals surface area contributed by atoms with E-state index in [2.05, 4.69) is 27.1 Å². The molecule has 1 saturated heterocycles. The van der Waals surface area contributed by atoms with Crippen molar-refractivity contribution in [3.63, 3.8) is 0 Å². The predicted octanol–water partition coefficient (Wildman–Crippen LogP) is 3.74. The predicted molar refractivity (Wildman–Crippen MR) is 123 cm³/mol. The molecule has 2 heterocycles. The molecule has 158 valence electrons. The molecule has 0 aliphatic carbocycles. The minimum Gasteiger partial charge on any atom is -0.359 e. The maximum atomic E-state index is 12.7. The fourth-order valence-electron chi connectivity index (χ4n) is 3.66. The fraction of sp³-hybridized carbons (Fsp3) is 0.333. The van der Waals surface area contributed by atoms with E-state index >= 15 is 0 Å². The number of allylic oxidation sites excluding steroid dienone is 2. The van der Waals surface area contributed by atoms with E-state index in [1.54, 1.807) is 6.20 Å². The highest BCUT2D eigenvalue weighted by atomic mass is 16.1. The molecule has 1 aromatic carbocycles. The summed E-state index contributed by atoms with van der Waals surface area (Å²) >= 11 is 0. The van der Waals surface area contributed by atoms with E-state index in [-0.39, 0.29) is 11.9 Å². The number of nitrogens with zero attached hydrogens (tertiary/aromatic N) is 2. The number of likely N-dealkylation sites (tertiary alicyclic amines) is 1. The number of carbonyl (C=O) groups excluding carboxylic acids is 1. The second kappa shape index (κ2) is 10.2. The molecule has 1 amide bonds. The van der Waals surface area contributed by atoms with Gasteiger partial charge in [0, 0.05) is 42.4 Å². The van der Waals surface area contributed by atoms with Crippen molar-refractivity contribution in [2.45, 2.75) is 39.3 Å². The molecule has 30 heavy (non-hydrogen) atoms. The topological polar surface area (TPSA) is 83.3 Å². The molecule has 0 radical (unpaired) electrons. The van der Waals surface area contributed by atoms with E-state index in [4.69, 9.17) is 5.73 Å². The van der Waals surface area contributed by atoms with Gasteiger partial charge in [-0.15, -0.1) is 0 Å². The highest BCUT2D eigenvalue weighted by Crippen LogP contribution is 2.18. The molecule has 0 bridgehead atoms. The summed E-state index contributed by atoms with van der Waals surface area (Å²) in [5, 5.41) is 6.16. The van der Waals surface area contributed by atoms with E-state index in [0.717, 1.165) is 60.7 Å². The number of nitrogens with one attached hydrogen (secondary N) is 2. The summed E-state index contributed by atoms with van der Waals surface area (Å²) in [7, 11) is 0. The van der Waals surface area contributed by atoms with Crippen LogP contribution in [-0.2, 0) is 6.54 Å². The van der Waals surface area contributed by atoms with Gasteiger partial charge in [0.25, 0.3) is 5.91 Å². The van der Waals surface area contributed by atoms with Gasteiger partial charge in [-0.1, -0.05) is 24.8 Å². The summed E-state index contributed by atoms with van der Waals surface area (Å²) in [4.78, 5) is 19.3. The lowest BCUT2D eigenvalue weighted by Crippen LogP contribution is -2.42. The van der Waals surface area contributed by atoms with Crippen molar-refractivity contribution in [1.82, 2.24) is 15.2 Å². The van der Waals surface area contributed by atoms with Crippen LogP contribution in [0.2, 0.25) is 0 Å². The van der Waals surface area contributed by atoms with Gasteiger partial charge in [-0.3, -0.25) is 14.7 Å². The number of rotatable bonds is 7. The van der Waals surface area contributed by atoms with Gasteiger partial charge in [0.1, 0.15) is 5.69 Å². The van der Waals surface area contributed by atoms with Crippen LogP contribution in [0.4, 0.5) is 5.69 Å². The standard InChI is InChI=1S/C24H31N5O/c1-4-22(27-17(2)3)19-7-9-21(10-8-19)28-24(30)23-14-18(11-12-26-23)15-29-13-5-6-20(25)16-29/h4,7-12,14,20,27H,2,5-6,13,15-16,25H2,1,3H3,(H,28,30)/b22-4-. The third-order valence-corrected chi connectivity index (χ3v) is 5.10. The number of pyridine rings is 1. The first-order valence-electron chi connectivity index (χ1n) is 10.4. The van der Waals surface area contributed by atoms with Crippen LogP contribution in [0.15, 0.2) is 60.9 Å². The van der Waals surface area contributed by atoms with Crippen LogP contribution in [0.3, 0.4) is 0 Å². The molecule has 1 fully saturated rings. The minimum absolute atomic E-state index is 0.216. The SMILES string of the molecule is C=C(C)N/C(=C\C)c1ccc(NC(=O)c2cc(CN3CCCC(N)C3)ccn2)cc1. The molecule has 1 atom stereocenters. The van der Waals surface area contributed by atoms with Gasteiger partial charge in [-0.05, 0) is 68.6 Å². The largest absolute Gasteiger partial charge is 0.359 e. The average Bonchev–Trinajstić information content (AvgIpc) is 2.73. The first kappa shape index (κ1) is 21.7. The first-order chi connectivity index (χ1) is 14.4. The third-order valence-electron chi connectivity index (χ3n) is 5.10. The van der Waals surface area contributed by atoms with Crippen LogP contribution in [0.5, 0.6) is 0 Å². The number of benzene rings is 1. The molecule has 0 spiro atoms. The Bertz CT molecular complexity index is 919. The highest BCUT2D eigenvalue weighted by Gasteiger charge is 2.17. The van der Waals surface area contributed by atoms with Crippen LogP contribution in [0.1, 0.15) is 48.3 Å². The van der Waals surface area contributed by atoms with Crippen LogP contribution in [0.25, 0.3) is 5.70 Å². The molecule has 6 heteroatoms. The summed E-state index contributed by atoms with van der Waals surface area (Å²) in [6, 6.07) is 11.7. The number of piperidine rings is 1. The third kappa shape index (κ3) is 6.02. The van der Waals surface area contributed by atoms with Crippen molar-refractivity contribution < 1.29 is 4.79 Å². The lowest BCUT2D eigenvalue weighted by molar-refractivity contribution is 0.102. The lowest BCUT2D eigenvalue weighted by Gasteiger charge is -2.30. The van der Waals surface area contributed by atoms with E-state index in [1.807, 2.05) is 56.3 Å². The van der Waals surface area contributed by atoms with Gasteiger partial charge < -0.3 is 16.4 Å². The first-order valence-corrected chi connectivity index (χ1v) is 10.4. The Balaban J connectivity index is 1.63. The summed E-state index contributed by atoms with van der Waals surface area (Å²) < 4.78 is 0. The zero-order chi connectivity index (χ0) is 21.5. The average molecular weight is 406 g/mol. The fourth-order valence-corrected chi connectivity index (χ4v) is 3.66. The molecular weight excluding hydrogens is 374 g/mol. The zero-order valence-corrected chi connectivity index (χ0v) is 17.8. The van der Waals surface area contributed by atoms with Gasteiger partial charge in [0.15, 0.2) is 0 Å². The normalized spacial score (nSPS) is 17.4. The number of hydrogen-bond donors (Lipinski definition) is 3. The molecule has 1 aliphatic rings. The van der Waals surface area contributed by atoms with Gasteiger partial charge in [0.2, 0.25) is 0 Å². The van der Waals surface area contributed by atoms with Crippen molar-refractivity contribution in [1.29, 1.82) is 0 Å². The second-order valence-corrected chi connectivity index (χ2v) is 7.83. The zero-order valence-electron chi connectivity index (χ0n) is 17.8. The van der Waals surface area contributed by atoms with Crippen molar-refractivity contribution in [2.24, 2.45) is 5.73 Å². The number of nitrogens with two attached hydrogens (primary N) is 1. The number of carbonyl (C=O) groups is 1. The van der Waals surface area contributed by atoms with Gasteiger partial charge >= 0.3 is 0 Å². The van der Waals surface area contributed by atoms with Crippen LogP contribution in [-0.4, -0.2) is 34.9 Å². The van der Waals surface area contributed by atoms with E-state index < -0.39 is 0 Å². The maximum Gasteiger partial charge on any atom is 0.274 e. The minimum atomic E-state index is -0.216. The Morgan fingerprint density at radius 1 is 1.33 bits per heavy atom. The monoisotopic (exact) mass is 405 g/mol. The molecule has 1 aromatic heterocycles. The van der Waals surface area contributed by atoms with Crippen molar-refractivity contribution >= 4 is 17.3 Å². The van der Waals surface area contributed by atoms with Crippen molar-refractivity contribution in [3.05, 3.63) is 77.8 Å². The molecule has 0 saturated carbocycles. The van der Waals surface area contributed by atoms with Crippen molar-refractivity contribution in [2.75, 3.05) is 18.4 Å². The van der Waals surface area contributed by atoms with Crippen LogP contribution in [0, 0.1) is 0 Å². The molecule has 3 rings (SSSR count). The molecule has 2 aromatic rings. The Hall–Kier alpha value is -2.96. The number of amides is 1. The molecule has 1 unspecified atom stereocenters. The number of hydrogen-bond acceptors (Lipinski definition) is 5. The Morgan fingerprint density at radius 2 is 2.10 bits per heavy atom. The lowest BCUT2D eigenvalue weighted by atomic mass is 10.1. The smallest absolute Gasteiger partial charge is 0.274 e. The number of anilines is 1. The maximum absolute atomic E-state index is 12.7. The van der Waals surface area contributed by atoms with Gasteiger partial charge in [-0.25, -0.2) is 0 Å². The van der Waals surface area contributed by atoms with Crippen molar-refractivity contribution in [3.8, 4) is 0 Å². The second-order valence-electron chi connectivity index (χ2n) is 7.83. The summed E-state index contributed by atoms with van der Waals surface area (Å²) in [6.07, 6.45) is 5.89. The Morgan fingerprint density at radius 3 is 2.77 bits per heavy atom. The quantitative estimate of drug-likeness (QED) is 0.654. The summed E-state index contributed by atoms with van der Waals surface area (Å²) in [6.45, 7) is 10.5. The molecular formula is C24H31N5O. The highest BCUT2D eigenvalue weighted by molar-refractivity contribution is 6.03. The van der Waals surface area contributed by atoms with Crippen LogP contribution >= 0.6 is 0 Å². The van der Waals surface area contributed by atoms with Gasteiger partial charge in [0.05, 0.1) is 0 Å². The van der Waals surface area contributed by atoms with Gasteiger partial charge in [-0.2, -0.15) is 0 Å². The Kier molecular flexibility index (Phi) is 7.38. The Labute approximate surface area is 178 Å². The van der Waals surface area contributed by atoms with E-state index in [1.165, 1.54) is 0 Å². The number of aromatic nitrogens is 1. The summed E-state index contributed by atoms with van der Waals surface area (Å²) in [5.41, 5.74) is 11.2. The summed E-state index contributed by atoms with van der Waals surface area (Å²) in [5.74, 6) is -0.216. The van der Waals surface area contributed by atoms with E-state index in [0.29, 0.717) is 5.69 Å². The molecule has 4 N–H and O–H groups in total. The van der Waals surface area contributed by atoms with Crippen LogP contribution < -0.4 is 16.4 Å². The molecule has 6 nitrogen and oxygen atoms in total. The molecule has 1 aliphatic heterocycles. The van der Waals surface area contributed by atoms with E-state index in [9.17, 15) is 4.79 Å².